The lowest BCUT2D eigenvalue weighted by molar-refractivity contribution is 0.240. The largest absolute Gasteiger partial charge is 0.350 e. The Labute approximate surface area is 116 Å². The molecule has 0 fully saturated rings. The van der Waals surface area contributed by atoms with E-state index in [9.17, 15) is 4.79 Å². The maximum atomic E-state index is 11.7. The fraction of sp³-hybridized carbons (Fsp3) is 0.385. The highest BCUT2D eigenvalue weighted by atomic mass is 32.1. The van der Waals surface area contributed by atoms with Crippen molar-refractivity contribution in [3.8, 4) is 0 Å². The van der Waals surface area contributed by atoms with E-state index in [1.54, 1.807) is 11.3 Å². The summed E-state index contributed by atoms with van der Waals surface area (Å²) in [6.45, 7) is 4.97. The van der Waals surface area contributed by atoms with Gasteiger partial charge in [-0.1, -0.05) is 0 Å². The van der Waals surface area contributed by atoms with Crippen LogP contribution in [0.4, 0.5) is 4.79 Å². The number of nitrogens with zero attached hydrogens (tertiary/aromatic N) is 2. The summed E-state index contributed by atoms with van der Waals surface area (Å²) in [4.78, 5) is 16.0. The van der Waals surface area contributed by atoms with E-state index in [4.69, 9.17) is 0 Å². The number of amides is 2. The molecule has 19 heavy (non-hydrogen) atoms. The lowest BCUT2D eigenvalue weighted by Gasteiger charge is -2.08. The molecule has 2 amide bonds. The highest BCUT2D eigenvalue weighted by Crippen LogP contribution is 2.08. The van der Waals surface area contributed by atoms with Gasteiger partial charge >= 0.3 is 6.03 Å². The van der Waals surface area contributed by atoms with Crippen LogP contribution in [0.2, 0.25) is 0 Å². The summed E-state index contributed by atoms with van der Waals surface area (Å²) in [5.41, 5.74) is 3.25. The highest BCUT2D eigenvalue weighted by Gasteiger charge is 2.05. The van der Waals surface area contributed by atoms with Crippen LogP contribution in [0.5, 0.6) is 0 Å². The number of aromatic nitrogens is 2. The first-order valence-electron chi connectivity index (χ1n) is 6.10. The molecule has 0 saturated carbocycles. The SMILES string of the molecule is Cc1csc(CNC(=O)NCc2ccc(C)n2C)n1. The Morgan fingerprint density at radius 1 is 1.32 bits per heavy atom. The van der Waals surface area contributed by atoms with Crippen LogP contribution < -0.4 is 10.6 Å². The Kier molecular flexibility index (Phi) is 4.21. The van der Waals surface area contributed by atoms with Crippen molar-refractivity contribution in [3.63, 3.8) is 0 Å². The molecule has 0 saturated heterocycles. The van der Waals surface area contributed by atoms with Crippen LogP contribution in [-0.2, 0) is 20.1 Å². The minimum Gasteiger partial charge on any atom is -0.350 e. The van der Waals surface area contributed by atoms with Gasteiger partial charge in [0.05, 0.1) is 13.1 Å². The predicted octanol–water partition coefficient (Wildman–Crippen LogP) is 2.10. The Balaban J connectivity index is 1.77. The zero-order chi connectivity index (χ0) is 13.8. The molecule has 0 aromatic carbocycles. The van der Waals surface area contributed by atoms with E-state index in [-0.39, 0.29) is 6.03 Å². The Bertz CT molecular complexity index is 573. The standard InChI is InChI=1S/C13H18N4OS/c1-9-8-19-12(16-9)7-15-13(18)14-6-11-5-4-10(2)17(11)3/h4-5,8H,6-7H2,1-3H3,(H2,14,15,18). The summed E-state index contributed by atoms with van der Waals surface area (Å²) < 4.78 is 2.06. The fourth-order valence-electron chi connectivity index (χ4n) is 1.72. The maximum absolute atomic E-state index is 11.7. The van der Waals surface area contributed by atoms with E-state index in [2.05, 4.69) is 20.2 Å². The number of carbonyl (C=O) groups excluding carboxylic acids is 1. The first-order valence-corrected chi connectivity index (χ1v) is 6.98. The van der Waals surface area contributed by atoms with Gasteiger partial charge in [0, 0.05) is 29.5 Å². The normalized spacial score (nSPS) is 10.5. The number of nitrogens with one attached hydrogen (secondary N) is 2. The van der Waals surface area contributed by atoms with Gasteiger partial charge in [-0.05, 0) is 26.0 Å². The number of aryl methyl sites for hydroxylation is 2. The monoisotopic (exact) mass is 278 g/mol. The van der Waals surface area contributed by atoms with Gasteiger partial charge in [0.2, 0.25) is 0 Å². The van der Waals surface area contributed by atoms with Crippen LogP contribution in [0.25, 0.3) is 0 Å². The van der Waals surface area contributed by atoms with Crippen molar-refractivity contribution < 1.29 is 4.79 Å². The molecule has 5 nitrogen and oxygen atoms in total. The number of hydrogen-bond donors (Lipinski definition) is 2. The quantitative estimate of drug-likeness (QED) is 0.899. The number of rotatable bonds is 4. The zero-order valence-electron chi connectivity index (χ0n) is 11.4. The molecule has 0 unspecified atom stereocenters. The molecule has 0 bridgehead atoms. The molecule has 0 atom stereocenters. The second kappa shape index (κ2) is 5.88. The van der Waals surface area contributed by atoms with Crippen LogP contribution in [0.3, 0.4) is 0 Å². The van der Waals surface area contributed by atoms with E-state index in [1.165, 1.54) is 5.69 Å². The third kappa shape index (κ3) is 3.57. The molecule has 0 aliphatic heterocycles. The second-order valence-electron chi connectivity index (χ2n) is 4.44. The van der Waals surface area contributed by atoms with Crippen molar-refractivity contribution in [2.75, 3.05) is 0 Å². The van der Waals surface area contributed by atoms with Gasteiger partial charge in [0.15, 0.2) is 0 Å². The molecule has 102 valence electrons. The lowest BCUT2D eigenvalue weighted by atomic mass is 10.4. The molecule has 0 radical (unpaired) electrons. The van der Waals surface area contributed by atoms with Crippen LogP contribution in [0.15, 0.2) is 17.5 Å². The van der Waals surface area contributed by atoms with Gasteiger partial charge < -0.3 is 15.2 Å². The third-order valence-electron chi connectivity index (χ3n) is 2.97. The minimum atomic E-state index is -0.174. The van der Waals surface area contributed by atoms with Gasteiger partial charge in [-0.25, -0.2) is 9.78 Å². The van der Waals surface area contributed by atoms with E-state index in [0.29, 0.717) is 13.1 Å². The van der Waals surface area contributed by atoms with Crippen molar-refractivity contribution in [1.82, 2.24) is 20.2 Å². The molecule has 2 aromatic rings. The van der Waals surface area contributed by atoms with E-state index < -0.39 is 0 Å². The van der Waals surface area contributed by atoms with E-state index in [1.807, 2.05) is 38.4 Å². The first kappa shape index (κ1) is 13.6. The average Bonchev–Trinajstić information content (AvgIpc) is 2.93. The first-order chi connectivity index (χ1) is 9.06. The van der Waals surface area contributed by atoms with Gasteiger partial charge in [-0.3, -0.25) is 0 Å². The molecular weight excluding hydrogens is 260 g/mol. The molecular formula is C13H18N4OS. The van der Waals surface area contributed by atoms with Crippen molar-refractivity contribution in [1.29, 1.82) is 0 Å². The number of urea groups is 1. The van der Waals surface area contributed by atoms with Crippen LogP contribution >= 0.6 is 11.3 Å². The molecule has 2 heterocycles. The van der Waals surface area contributed by atoms with E-state index >= 15 is 0 Å². The van der Waals surface area contributed by atoms with Crippen molar-refractivity contribution in [2.45, 2.75) is 26.9 Å². The number of hydrogen-bond acceptors (Lipinski definition) is 3. The van der Waals surface area contributed by atoms with Gasteiger partial charge in [-0.15, -0.1) is 11.3 Å². The Hall–Kier alpha value is -1.82. The smallest absolute Gasteiger partial charge is 0.315 e. The van der Waals surface area contributed by atoms with Crippen molar-refractivity contribution in [3.05, 3.63) is 39.6 Å². The van der Waals surface area contributed by atoms with Crippen molar-refractivity contribution in [2.24, 2.45) is 7.05 Å². The predicted molar refractivity (Wildman–Crippen MR) is 76.1 cm³/mol. The van der Waals surface area contributed by atoms with Crippen LogP contribution in [0.1, 0.15) is 22.1 Å². The number of carbonyl (C=O) groups is 1. The van der Waals surface area contributed by atoms with Crippen molar-refractivity contribution >= 4 is 17.4 Å². The number of thiazole rings is 1. The summed E-state index contributed by atoms with van der Waals surface area (Å²) in [5.74, 6) is 0. The third-order valence-corrected chi connectivity index (χ3v) is 3.94. The molecule has 2 rings (SSSR count). The molecule has 2 N–H and O–H groups in total. The van der Waals surface area contributed by atoms with Crippen LogP contribution in [-0.4, -0.2) is 15.6 Å². The van der Waals surface area contributed by atoms with Gasteiger partial charge in [0.1, 0.15) is 5.01 Å². The molecule has 2 aromatic heterocycles. The molecule has 0 aliphatic rings. The maximum Gasteiger partial charge on any atom is 0.315 e. The van der Waals surface area contributed by atoms with Crippen LogP contribution in [0, 0.1) is 13.8 Å². The van der Waals surface area contributed by atoms with Gasteiger partial charge in [0.25, 0.3) is 0 Å². The Morgan fingerprint density at radius 2 is 2.05 bits per heavy atom. The summed E-state index contributed by atoms with van der Waals surface area (Å²) in [6.07, 6.45) is 0. The second-order valence-corrected chi connectivity index (χ2v) is 5.39. The highest BCUT2D eigenvalue weighted by molar-refractivity contribution is 7.09. The van der Waals surface area contributed by atoms with Gasteiger partial charge in [-0.2, -0.15) is 0 Å². The molecule has 0 spiro atoms. The Morgan fingerprint density at radius 3 is 2.63 bits per heavy atom. The average molecular weight is 278 g/mol. The summed E-state index contributed by atoms with van der Waals surface area (Å²) in [7, 11) is 1.99. The molecule has 6 heteroatoms. The zero-order valence-corrected chi connectivity index (χ0v) is 12.2. The summed E-state index contributed by atoms with van der Waals surface area (Å²) in [6, 6.07) is 3.87. The lowest BCUT2D eigenvalue weighted by Crippen LogP contribution is -2.35. The summed E-state index contributed by atoms with van der Waals surface area (Å²) in [5, 5.41) is 8.53. The van der Waals surface area contributed by atoms with E-state index in [0.717, 1.165) is 16.4 Å². The summed E-state index contributed by atoms with van der Waals surface area (Å²) >= 11 is 1.55. The fourth-order valence-corrected chi connectivity index (χ4v) is 2.43. The molecule has 0 aliphatic carbocycles. The topological polar surface area (TPSA) is 59.0 Å². The minimum absolute atomic E-state index is 0.174.